The number of rotatable bonds is 15. The van der Waals surface area contributed by atoms with E-state index < -0.39 is 35.6 Å². The van der Waals surface area contributed by atoms with E-state index in [1.807, 2.05) is 115 Å². The van der Waals surface area contributed by atoms with Crippen molar-refractivity contribution in [3.63, 3.8) is 0 Å². The fourth-order valence-corrected chi connectivity index (χ4v) is 8.41. The number of nitrogens with zero attached hydrogens (tertiary/aromatic N) is 2. The predicted molar refractivity (Wildman–Crippen MR) is 231 cm³/mol. The van der Waals surface area contributed by atoms with Crippen molar-refractivity contribution in [2.45, 2.75) is 43.3 Å². The van der Waals surface area contributed by atoms with Crippen LogP contribution in [0.4, 0.5) is 4.79 Å². The van der Waals surface area contributed by atoms with Gasteiger partial charge in [-0.1, -0.05) is 170 Å². The highest BCUT2D eigenvalue weighted by Gasteiger charge is 2.39. The number of ether oxygens (including phenoxy) is 2. The molecule has 1 aliphatic carbocycles. The molecule has 0 bridgehead atoms. The molecule has 0 spiro atoms. The normalized spacial score (nSPS) is 13.0. The van der Waals surface area contributed by atoms with E-state index in [1.54, 1.807) is 6.33 Å². The molecule has 1 heterocycles. The topological polar surface area (TPSA) is 112 Å². The van der Waals surface area contributed by atoms with E-state index in [1.165, 1.54) is 6.92 Å². The van der Waals surface area contributed by atoms with Gasteiger partial charge in [0, 0.05) is 25.5 Å². The molecule has 6 aromatic carbocycles. The molecule has 2 atom stereocenters. The number of nitrogens with one attached hydrogen (secondary N) is 2. The number of amides is 2. The van der Waals surface area contributed by atoms with Crippen LogP contribution in [0.15, 0.2) is 182 Å². The second-order valence-electron chi connectivity index (χ2n) is 15.0. The second-order valence-corrected chi connectivity index (χ2v) is 15.0. The van der Waals surface area contributed by atoms with Crippen LogP contribution in [0.2, 0.25) is 0 Å². The molecule has 0 radical (unpaired) electrons. The van der Waals surface area contributed by atoms with Crippen LogP contribution in [0, 0.1) is 0 Å². The number of aromatic nitrogens is 2. The number of carbonyl (C=O) groups is 3. The molecule has 8 rings (SSSR count). The van der Waals surface area contributed by atoms with E-state index in [4.69, 9.17) is 14.5 Å². The zero-order valence-corrected chi connectivity index (χ0v) is 33.3. The molecule has 0 unspecified atom stereocenters. The van der Waals surface area contributed by atoms with Crippen molar-refractivity contribution in [2.75, 3.05) is 13.2 Å². The third-order valence-corrected chi connectivity index (χ3v) is 11.1. The van der Waals surface area contributed by atoms with Crippen LogP contribution < -0.4 is 10.6 Å². The maximum atomic E-state index is 14.4. The quantitative estimate of drug-likeness (QED) is 0.0797. The fourth-order valence-electron chi connectivity index (χ4n) is 8.41. The van der Waals surface area contributed by atoms with Crippen LogP contribution in [-0.4, -0.2) is 52.8 Å². The van der Waals surface area contributed by atoms with Gasteiger partial charge in [-0.15, -0.1) is 0 Å². The first-order valence-electron chi connectivity index (χ1n) is 20.2. The van der Waals surface area contributed by atoms with E-state index in [-0.39, 0.29) is 25.6 Å². The zero-order chi connectivity index (χ0) is 41.3. The first kappa shape index (κ1) is 39.6. The van der Waals surface area contributed by atoms with Crippen LogP contribution in [0.1, 0.15) is 51.9 Å². The Morgan fingerprint density at radius 3 is 1.67 bits per heavy atom. The molecule has 0 fully saturated rings. The summed E-state index contributed by atoms with van der Waals surface area (Å²) in [7, 11) is 0. The van der Waals surface area contributed by atoms with Gasteiger partial charge >= 0.3 is 12.1 Å². The molecule has 60 heavy (non-hydrogen) atoms. The number of hydrogen-bond donors (Lipinski definition) is 2. The lowest BCUT2D eigenvalue weighted by atomic mass is 9.77. The van der Waals surface area contributed by atoms with Gasteiger partial charge in [0.05, 0.1) is 18.1 Å². The van der Waals surface area contributed by atoms with E-state index in [9.17, 15) is 14.4 Å². The van der Waals surface area contributed by atoms with Crippen LogP contribution in [0.25, 0.3) is 11.1 Å². The summed E-state index contributed by atoms with van der Waals surface area (Å²) in [6.07, 6.45) is 3.43. The smallest absolute Gasteiger partial charge is 0.407 e. The van der Waals surface area contributed by atoms with Crippen molar-refractivity contribution in [1.82, 2.24) is 20.2 Å². The van der Waals surface area contributed by atoms with E-state index in [0.717, 1.165) is 44.5 Å². The maximum absolute atomic E-state index is 14.4. The van der Waals surface area contributed by atoms with Gasteiger partial charge in [-0.2, -0.15) is 0 Å². The largest absolute Gasteiger partial charge is 0.464 e. The molecule has 7 aromatic rings. The Morgan fingerprint density at radius 1 is 0.633 bits per heavy atom. The minimum Gasteiger partial charge on any atom is -0.464 e. The molecule has 1 aromatic heterocycles. The highest BCUT2D eigenvalue weighted by atomic mass is 16.5. The second kappa shape index (κ2) is 18.1. The monoisotopic (exact) mass is 794 g/mol. The lowest BCUT2D eigenvalue weighted by Gasteiger charge is -2.37. The highest BCUT2D eigenvalue weighted by molar-refractivity contribution is 5.86. The minimum atomic E-state index is -1.10. The summed E-state index contributed by atoms with van der Waals surface area (Å²) >= 11 is 0. The molecule has 1 aliphatic rings. The van der Waals surface area contributed by atoms with Gasteiger partial charge in [0.1, 0.15) is 24.8 Å². The van der Waals surface area contributed by atoms with Crippen molar-refractivity contribution < 1.29 is 23.9 Å². The summed E-state index contributed by atoms with van der Waals surface area (Å²) < 4.78 is 13.4. The van der Waals surface area contributed by atoms with Gasteiger partial charge < -0.3 is 24.7 Å². The van der Waals surface area contributed by atoms with Crippen molar-refractivity contribution in [3.8, 4) is 11.1 Å². The van der Waals surface area contributed by atoms with Crippen LogP contribution in [0.3, 0.4) is 0 Å². The van der Waals surface area contributed by atoms with Crippen molar-refractivity contribution >= 4 is 18.0 Å². The van der Waals surface area contributed by atoms with Gasteiger partial charge in [-0.25, -0.2) is 9.78 Å². The highest BCUT2D eigenvalue weighted by Crippen LogP contribution is 2.45. The first-order valence-corrected chi connectivity index (χ1v) is 20.2. The van der Waals surface area contributed by atoms with Gasteiger partial charge in [0.25, 0.3) is 0 Å². The lowest BCUT2D eigenvalue weighted by molar-refractivity contribution is -0.142. The number of esters is 1. The average molecular weight is 795 g/mol. The van der Waals surface area contributed by atoms with Gasteiger partial charge in [-0.3, -0.25) is 9.59 Å². The van der Waals surface area contributed by atoms with Gasteiger partial charge in [0.15, 0.2) is 0 Å². The number of benzene rings is 6. The standard InChI is InChI=1S/C51H46N4O5/c1-36(56)59-33-42(30-37-18-6-2-7-19-37)53-49(57)48(54-50(58)60-34-47-45-28-16-14-26-43(45)44-27-15-17-29-46(44)47)31-41-32-55(35-52-41)51(38-20-8-3-9-21-38,39-22-10-4-11-23-39)40-24-12-5-13-25-40/h2-29,32,35,42,47-48H,30-31,33-34H2,1H3,(H,53,57)(H,54,58)/t42-,48-/m0/s1. The van der Waals surface area contributed by atoms with Crippen LogP contribution in [0.5, 0.6) is 0 Å². The fraction of sp³-hybridized carbons (Fsp3) is 0.176. The third-order valence-electron chi connectivity index (χ3n) is 11.1. The van der Waals surface area contributed by atoms with Crippen molar-refractivity contribution in [3.05, 3.63) is 221 Å². The Kier molecular flexibility index (Phi) is 11.9. The summed E-state index contributed by atoms with van der Waals surface area (Å²) in [6.45, 7) is 1.37. The molecular weight excluding hydrogens is 749 g/mol. The average Bonchev–Trinajstić information content (AvgIpc) is 3.89. The molecule has 0 aliphatic heterocycles. The summed E-state index contributed by atoms with van der Waals surface area (Å²) in [5, 5.41) is 5.95. The molecule has 9 heteroatoms. The number of alkyl carbamates (subject to hydrolysis) is 1. The third kappa shape index (κ3) is 8.47. The van der Waals surface area contributed by atoms with Crippen molar-refractivity contribution in [1.29, 1.82) is 0 Å². The molecule has 9 nitrogen and oxygen atoms in total. The summed E-state index contributed by atoms with van der Waals surface area (Å²) in [6, 6.07) is 55.0. The predicted octanol–water partition coefficient (Wildman–Crippen LogP) is 8.46. The first-order chi connectivity index (χ1) is 29.4. The molecule has 2 amide bonds. The lowest BCUT2D eigenvalue weighted by Crippen LogP contribution is -2.52. The number of hydrogen-bond acceptors (Lipinski definition) is 6. The Bertz CT molecular complexity index is 2400. The number of imidazole rings is 1. The number of carbonyl (C=O) groups excluding carboxylic acids is 3. The Balaban J connectivity index is 1.11. The van der Waals surface area contributed by atoms with Gasteiger partial charge in [-0.05, 0) is 50.9 Å². The van der Waals surface area contributed by atoms with Gasteiger partial charge in [0.2, 0.25) is 5.91 Å². The van der Waals surface area contributed by atoms with E-state index in [2.05, 4.69) is 75.9 Å². The summed E-state index contributed by atoms with van der Waals surface area (Å²) in [5.41, 5.74) is 8.16. The van der Waals surface area contributed by atoms with Crippen molar-refractivity contribution in [2.24, 2.45) is 0 Å². The number of fused-ring (bicyclic) bond motifs is 3. The summed E-state index contributed by atoms with van der Waals surface area (Å²) in [4.78, 5) is 45.0. The molecular formula is C51H46N4O5. The molecule has 0 saturated heterocycles. The maximum Gasteiger partial charge on any atom is 0.407 e. The van der Waals surface area contributed by atoms with Crippen LogP contribution in [-0.2, 0) is 37.4 Å². The molecule has 0 saturated carbocycles. The Labute approximate surface area is 350 Å². The molecule has 2 N–H and O–H groups in total. The minimum absolute atomic E-state index is 0.0447. The summed E-state index contributed by atoms with van der Waals surface area (Å²) in [5.74, 6) is -1.08. The molecule has 300 valence electrons. The SMILES string of the molecule is CC(=O)OC[C@H](Cc1ccccc1)NC(=O)[C@H](Cc1cn(C(c2ccccc2)(c2ccccc2)c2ccccc2)cn1)NC(=O)OCC1c2ccccc2-c2ccccc21. The zero-order valence-electron chi connectivity index (χ0n) is 33.3. The Hall–Kier alpha value is -7.26. The van der Waals surface area contributed by atoms with Crippen LogP contribution >= 0.6 is 0 Å². The Morgan fingerprint density at radius 2 is 1.13 bits per heavy atom. The van der Waals surface area contributed by atoms with E-state index >= 15 is 0 Å². The van der Waals surface area contributed by atoms with E-state index in [0.29, 0.717) is 12.1 Å².